The molecule has 0 bridgehead atoms. The first-order valence-electron chi connectivity index (χ1n) is 12.2. The maximum Gasteiger partial charge on any atom is 0.272 e. The number of azo groups is 1. The molecule has 0 aliphatic carbocycles. The maximum absolute atomic E-state index is 13.1. The Morgan fingerprint density at radius 1 is 0.889 bits per heavy atom. The number of hydrogen-bond acceptors (Lipinski definition) is 5. The molecule has 4 rings (SSSR count). The van der Waals surface area contributed by atoms with Gasteiger partial charge in [-0.05, 0) is 56.0 Å². The Kier molecular flexibility index (Phi) is 8.72. The van der Waals surface area contributed by atoms with E-state index in [-0.39, 0.29) is 12.5 Å². The van der Waals surface area contributed by atoms with Gasteiger partial charge in [0.05, 0.1) is 17.1 Å². The summed E-state index contributed by atoms with van der Waals surface area (Å²) < 4.78 is 1.92. The largest absolute Gasteiger partial charge is 0.396 e. The lowest BCUT2D eigenvalue weighted by Gasteiger charge is -2.08. The Hall–Kier alpha value is -4.10. The first-order chi connectivity index (χ1) is 17.7. The number of rotatable bonds is 11. The standard InChI is InChI=1S/C29H31N5O2/c1-22-27(33-34(18-9-4-10-19-35)28(22)24-13-5-2-6-14-24)29(36)30-21-23-12-11-17-26(20-23)32-31-25-15-7-3-8-16-25/h2-3,5-8,11-17,20,35H,4,9-10,18-19,21H2,1H3,(H,30,36). The number of aliphatic hydroxyl groups excluding tert-OH is 1. The van der Waals surface area contributed by atoms with Crippen LogP contribution in [0.1, 0.15) is 40.9 Å². The summed E-state index contributed by atoms with van der Waals surface area (Å²) in [5, 5.41) is 25.3. The molecule has 0 saturated carbocycles. The van der Waals surface area contributed by atoms with E-state index in [1.54, 1.807) is 0 Å². The van der Waals surface area contributed by atoms with Crippen molar-refractivity contribution in [1.82, 2.24) is 15.1 Å². The van der Waals surface area contributed by atoms with Crippen molar-refractivity contribution in [3.8, 4) is 11.3 Å². The molecule has 0 aliphatic heterocycles. The minimum absolute atomic E-state index is 0.187. The van der Waals surface area contributed by atoms with E-state index in [0.717, 1.165) is 53.0 Å². The number of unbranched alkanes of at least 4 members (excludes halogenated alkanes) is 2. The van der Waals surface area contributed by atoms with Crippen LogP contribution in [-0.4, -0.2) is 27.4 Å². The molecule has 1 heterocycles. The van der Waals surface area contributed by atoms with Gasteiger partial charge >= 0.3 is 0 Å². The van der Waals surface area contributed by atoms with E-state index in [1.165, 1.54) is 0 Å². The van der Waals surface area contributed by atoms with Gasteiger partial charge < -0.3 is 10.4 Å². The van der Waals surface area contributed by atoms with Gasteiger partial charge in [0, 0.05) is 30.8 Å². The van der Waals surface area contributed by atoms with Crippen molar-refractivity contribution in [1.29, 1.82) is 0 Å². The van der Waals surface area contributed by atoms with Gasteiger partial charge in [0.15, 0.2) is 5.69 Å². The van der Waals surface area contributed by atoms with Crippen molar-refractivity contribution in [2.24, 2.45) is 10.2 Å². The zero-order chi connectivity index (χ0) is 25.2. The second-order valence-corrected chi connectivity index (χ2v) is 8.58. The predicted octanol–water partition coefficient (Wildman–Crippen LogP) is 6.37. The summed E-state index contributed by atoms with van der Waals surface area (Å²) >= 11 is 0. The van der Waals surface area contributed by atoms with Crippen molar-refractivity contribution < 1.29 is 9.90 Å². The summed E-state index contributed by atoms with van der Waals surface area (Å²) in [6.07, 6.45) is 2.55. The molecule has 7 nitrogen and oxygen atoms in total. The fourth-order valence-corrected chi connectivity index (χ4v) is 4.05. The molecule has 7 heteroatoms. The quantitative estimate of drug-likeness (QED) is 0.193. The van der Waals surface area contributed by atoms with Gasteiger partial charge in [-0.3, -0.25) is 9.48 Å². The van der Waals surface area contributed by atoms with Gasteiger partial charge in [0.1, 0.15) is 0 Å². The van der Waals surface area contributed by atoms with E-state index in [4.69, 9.17) is 5.11 Å². The van der Waals surface area contributed by atoms with E-state index in [1.807, 2.05) is 96.5 Å². The molecule has 0 fully saturated rings. The fraction of sp³-hybridized carbons (Fsp3) is 0.241. The molecular formula is C29H31N5O2. The first kappa shape index (κ1) is 25.0. The molecule has 2 N–H and O–H groups in total. The molecule has 1 aromatic heterocycles. The average molecular weight is 482 g/mol. The van der Waals surface area contributed by atoms with Gasteiger partial charge in [0.25, 0.3) is 5.91 Å². The lowest BCUT2D eigenvalue weighted by atomic mass is 10.1. The minimum atomic E-state index is -0.213. The number of aliphatic hydroxyl groups is 1. The van der Waals surface area contributed by atoms with E-state index >= 15 is 0 Å². The molecule has 0 saturated heterocycles. The Morgan fingerprint density at radius 2 is 1.58 bits per heavy atom. The van der Waals surface area contributed by atoms with Crippen LogP contribution in [0.15, 0.2) is 95.2 Å². The van der Waals surface area contributed by atoms with Gasteiger partial charge in [-0.25, -0.2) is 0 Å². The van der Waals surface area contributed by atoms with Crippen molar-refractivity contribution in [2.75, 3.05) is 6.61 Å². The van der Waals surface area contributed by atoms with E-state index in [2.05, 4.69) is 20.6 Å². The highest BCUT2D eigenvalue weighted by Gasteiger charge is 2.21. The highest BCUT2D eigenvalue weighted by molar-refractivity contribution is 5.95. The number of amides is 1. The van der Waals surface area contributed by atoms with Crippen LogP contribution in [0.25, 0.3) is 11.3 Å². The number of nitrogens with one attached hydrogen (secondary N) is 1. The number of aryl methyl sites for hydroxylation is 1. The van der Waals surface area contributed by atoms with Gasteiger partial charge in [-0.15, -0.1) is 0 Å². The maximum atomic E-state index is 13.1. The van der Waals surface area contributed by atoms with Crippen molar-refractivity contribution in [2.45, 2.75) is 39.3 Å². The van der Waals surface area contributed by atoms with Gasteiger partial charge in [-0.1, -0.05) is 60.7 Å². The lowest BCUT2D eigenvalue weighted by molar-refractivity contribution is 0.0944. The zero-order valence-corrected chi connectivity index (χ0v) is 20.5. The third-order valence-electron chi connectivity index (χ3n) is 5.88. The molecule has 36 heavy (non-hydrogen) atoms. The number of hydrogen-bond donors (Lipinski definition) is 2. The molecule has 0 unspecified atom stereocenters. The van der Waals surface area contributed by atoms with Crippen LogP contribution in [0.3, 0.4) is 0 Å². The summed E-state index contributed by atoms with van der Waals surface area (Å²) in [5.41, 5.74) is 5.70. The lowest BCUT2D eigenvalue weighted by Crippen LogP contribution is -2.24. The number of aromatic nitrogens is 2. The van der Waals surface area contributed by atoms with Crippen LogP contribution in [0.2, 0.25) is 0 Å². The van der Waals surface area contributed by atoms with Crippen LogP contribution < -0.4 is 5.32 Å². The summed E-state index contributed by atoms with van der Waals surface area (Å²) in [6, 6.07) is 27.2. The van der Waals surface area contributed by atoms with Crippen LogP contribution in [-0.2, 0) is 13.1 Å². The predicted molar refractivity (Wildman–Crippen MR) is 142 cm³/mol. The molecule has 3 aromatic carbocycles. The molecule has 184 valence electrons. The second kappa shape index (κ2) is 12.6. The van der Waals surface area contributed by atoms with Crippen molar-refractivity contribution in [3.05, 3.63) is 102 Å². The molecule has 0 radical (unpaired) electrons. The van der Waals surface area contributed by atoms with E-state index < -0.39 is 0 Å². The highest BCUT2D eigenvalue weighted by Crippen LogP contribution is 2.27. The molecule has 0 aliphatic rings. The molecular weight excluding hydrogens is 450 g/mol. The smallest absolute Gasteiger partial charge is 0.272 e. The first-order valence-corrected chi connectivity index (χ1v) is 12.2. The Labute approximate surface area is 211 Å². The van der Waals surface area contributed by atoms with E-state index in [9.17, 15) is 4.79 Å². The van der Waals surface area contributed by atoms with Crippen LogP contribution in [0.5, 0.6) is 0 Å². The normalized spacial score (nSPS) is 11.2. The highest BCUT2D eigenvalue weighted by atomic mass is 16.2. The Balaban J connectivity index is 1.47. The van der Waals surface area contributed by atoms with Crippen molar-refractivity contribution >= 4 is 17.3 Å². The summed E-state index contributed by atoms with van der Waals surface area (Å²) in [4.78, 5) is 13.1. The third-order valence-corrected chi connectivity index (χ3v) is 5.88. The zero-order valence-electron chi connectivity index (χ0n) is 20.5. The molecule has 4 aromatic rings. The summed E-state index contributed by atoms with van der Waals surface area (Å²) in [7, 11) is 0. The monoisotopic (exact) mass is 481 g/mol. The summed E-state index contributed by atoms with van der Waals surface area (Å²) in [5.74, 6) is -0.213. The van der Waals surface area contributed by atoms with Crippen LogP contribution in [0.4, 0.5) is 11.4 Å². The van der Waals surface area contributed by atoms with Gasteiger partial charge in [-0.2, -0.15) is 15.3 Å². The molecule has 0 atom stereocenters. The molecule has 1 amide bonds. The molecule has 0 spiro atoms. The number of benzene rings is 3. The van der Waals surface area contributed by atoms with Crippen LogP contribution >= 0.6 is 0 Å². The Morgan fingerprint density at radius 3 is 2.33 bits per heavy atom. The Bertz CT molecular complexity index is 1300. The van der Waals surface area contributed by atoms with Crippen molar-refractivity contribution in [3.63, 3.8) is 0 Å². The van der Waals surface area contributed by atoms with Crippen LogP contribution in [0, 0.1) is 6.92 Å². The van der Waals surface area contributed by atoms with E-state index in [0.29, 0.717) is 18.8 Å². The summed E-state index contributed by atoms with van der Waals surface area (Å²) in [6.45, 7) is 3.18. The number of nitrogens with zero attached hydrogens (tertiary/aromatic N) is 4. The number of carbonyl (C=O) groups is 1. The SMILES string of the molecule is Cc1c(C(=O)NCc2cccc(N=Nc3ccccc3)c2)nn(CCCCCO)c1-c1ccccc1. The second-order valence-electron chi connectivity index (χ2n) is 8.58. The van der Waals surface area contributed by atoms with Gasteiger partial charge in [0.2, 0.25) is 0 Å². The average Bonchev–Trinajstić information content (AvgIpc) is 3.25. The minimum Gasteiger partial charge on any atom is -0.396 e. The topological polar surface area (TPSA) is 91.9 Å². The third kappa shape index (κ3) is 6.52. The fourth-order valence-electron chi connectivity index (χ4n) is 4.05. The number of carbonyl (C=O) groups excluding carboxylic acids is 1.